The van der Waals surface area contributed by atoms with E-state index in [2.05, 4.69) is 0 Å². The van der Waals surface area contributed by atoms with Crippen LogP contribution in [0.4, 0.5) is 4.39 Å². The molecule has 1 fully saturated rings. The van der Waals surface area contributed by atoms with Gasteiger partial charge in [-0.05, 0) is 35.9 Å². The Labute approximate surface area is 173 Å². The van der Waals surface area contributed by atoms with Crippen LogP contribution in [0.2, 0.25) is 5.02 Å². The van der Waals surface area contributed by atoms with Gasteiger partial charge in [0.25, 0.3) is 0 Å². The fourth-order valence-electron chi connectivity index (χ4n) is 3.28. The van der Waals surface area contributed by atoms with E-state index < -0.39 is 17.3 Å². The quantitative estimate of drug-likeness (QED) is 0.746. The van der Waals surface area contributed by atoms with E-state index in [0.29, 0.717) is 22.9 Å². The molecule has 8 heteroatoms. The molecule has 1 atom stereocenters. The maximum atomic E-state index is 13.9. The molecule has 0 unspecified atom stereocenters. The van der Waals surface area contributed by atoms with Crippen molar-refractivity contribution >= 4 is 23.4 Å². The number of carbonyl (C=O) groups excluding carboxylic acids is 2. The fourth-order valence-corrected chi connectivity index (χ4v) is 3.41. The van der Waals surface area contributed by atoms with Crippen molar-refractivity contribution in [2.75, 3.05) is 26.3 Å². The van der Waals surface area contributed by atoms with Crippen LogP contribution in [0.15, 0.2) is 48.5 Å². The average molecular weight is 421 g/mol. The molecule has 1 aliphatic heterocycles. The summed E-state index contributed by atoms with van der Waals surface area (Å²) in [5.74, 6) is -0.688. The van der Waals surface area contributed by atoms with E-state index >= 15 is 0 Å². The van der Waals surface area contributed by atoms with Gasteiger partial charge >= 0.3 is 0 Å². The van der Waals surface area contributed by atoms with Crippen LogP contribution in [-0.2, 0) is 20.7 Å². The van der Waals surface area contributed by atoms with E-state index in [1.54, 1.807) is 47.4 Å². The molecule has 2 aromatic rings. The lowest BCUT2D eigenvalue weighted by Crippen LogP contribution is -2.58. The number of ether oxygens (including phenoxy) is 2. The van der Waals surface area contributed by atoms with Crippen LogP contribution in [0, 0.1) is 5.82 Å². The first-order chi connectivity index (χ1) is 13.9. The highest BCUT2D eigenvalue weighted by Crippen LogP contribution is 2.25. The summed E-state index contributed by atoms with van der Waals surface area (Å²) in [6.07, 6.45) is -0.179. The number of carbonyl (C=O) groups is 2. The molecule has 0 aromatic heterocycles. The lowest BCUT2D eigenvalue weighted by molar-refractivity contribution is -0.161. The molecule has 2 N–H and O–H groups in total. The van der Waals surface area contributed by atoms with Crippen molar-refractivity contribution in [3.63, 3.8) is 0 Å². The first kappa shape index (κ1) is 21.1. The predicted molar refractivity (Wildman–Crippen MR) is 106 cm³/mol. The van der Waals surface area contributed by atoms with Gasteiger partial charge in [-0.3, -0.25) is 9.59 Å². The number of primary amides is 1. The van der Waals surface area contributed by atoms with E-state index in [9.17, 15) is 14.0 Å². The largest absolute Gasteiger partial charge is 0.490 e. The first-order valence-electron chi connectivity index (χ1n) is 9.19. The highest BCUT2D eigenvalue weighted by atomic mass is 35.5. The van der Waals surface area contributed by atoms with Crippen LogP contribution in [0.5, 0.6) is 5.75 Å². The summed E-state index contributed by atoms with van der Waals surface area (Å²) in [6.45, 7) is 0.715. The van der Waals surface area contributed by atoms with Gasteiger partial charge in [0.15, 0.2) is 0 Å². The summed E-state index contributed by atoms with van der Waals surface area (Å²) >= 11 is 5.88. The normalized spacial score (nSPS) is 19.0. The second kappa shape index (κ2) is 9.24. The maximum absolute atomic E-state index is 13.9. The van der Waals surface area contributed by atoms with Gasteiger partial charge in [0.2, 0.25) is 11.8 Å². The van der Waals surface area contributed by atoms with Crippen molar-refractivity contribution < 1.29 is 23.5 Å². The van der Waals surface area contributed by atoms with Gasteiger partial charge in [-0.15, -0.1) is 0 Å². The van der Waals surface area contributed by atoms with E-state index in [4.69, 9.17) is 26.8 Å². The predicted octanol–water partition coefficient (Wildman–Crippen LogP) is 2.57. The Morgan fingerprint density at radius 3 is 2.62 bits per heavy atom. The monoisotopic (exact) mass is 420 g/mol. The van der Waals surface area contributed by atoms with Crippen LogP contribution in [0.1, 0.15) is 12.0 Å². The molecule has 2 amide bonds. The van der Waals surface area contributed by atoms with Gasteiger partial charge in [-0.2, -0.15) is 0 Å². The Morgan fingerprint density at radius 1 is 1.21 bits per heavy atom. The average Bonchev–Trinajstić information content (AvgIpc) is 2.69. The van der Waals surface area contributed by atoms with Crippen molar-refractivity contribution in [3.8, 4) is 5.75 Å². The number of hydrogen-bond acceptors (Lipinski definition) is 4. The number of halogens is 2. The molecule has 1 saturated heterocycles. The third-order valence-corrected chi connectivity index (χ3v) is 4.96. The minimum absolute atomic E-state index is 0.0288. The van der Waals surface area contributed by atoms with E-state index in [1.807, 2.05) is 0 Å². The van der Waals surface area contributed by atoms with Gasteiger partial charge < -0.3 is 20.1 Å². The van der Waals surface area contributed by atoms with Crippen LogP contribution in [0.25, 0.3) is 0 Å². The Bertz CT molecular complexity index is 877. The zero-order valence-corrected chi connectivity index (χ0v) is 16.5. The van der Waals surface area contributed by atoms with Crippen molar-refractivity contribution in [2.45, 2.75) is 18.4 Å². The lowest BCUT2D eigenvalue weighted by Gasteiger charge is -2.42. The number of morpholine rings is 1. The van der Waals surface area contributed by atoms with Crippen LogP contribution < -0.4 is 10.5 Å². The lowest BCUT2D eigenvalue weighted by atomic mass is 9.97. The standard InChI is InChI=1S/C21H22ClFN2O4/c22-16-5-7-17(8-6-16)28-14-21(12-19(24)26)13-25(9-10-29-21)20(27)11-15-3-1-2-4-18(15)23/h1-8H,9-14H2,(H2,24,26)/t21-/m0/s1. The summed E-state index contributed by atoms with van der Waals surface area (Å²) in [6, 6.07) is 12.9. The molecule has 0 radical (unpaired) electrons. The number of benzene rings is 2. The molecule has 1 aliphatic rings. The molecular formula is C21H22ClFN2O4. The highest BCUT2D eigenvalue weighted by molar-refractivity contribution is 6.30. The second-order valence-electron chi connectivity index (χ2n) is 7.00. The van der Waals surface area contributed by atoms with Gasteiger partial charge in [0.1, 0.15) is 23.8 Å². The zero-order valence-electron chi connectivity index (χ0n) is 15.8. The van der Waals surface area contributed by atoms with Gasteiger partial charge in [0.05, 0.1) is 26.0 Å². The number of rotatable bonds is 7. The molecule has 0 aliphatic carbocycles. The van der Waals surface area contributed by atoms with Crippen molar-refractivity contribution in [2.24, 2.45) is 5.73 Å². The summed E-state index contributed by atoms with van der Waals surface area (Å²) in [7, 11) is 0. The first-order valence-corrected chi connectivity index (χ1v) is 9.56. The van der Waals surface area contributed by atoms with Crippen molar-refractivity contribution in [1.82, 2.24) is 4.90 Å². The molecule has 0 saturated carbocycles. The summed E-state index contributed by atoms with van der Waals surface area (Å²) in [5, 5.41) is 0.572. The van der Waals surface area contributed by atoms with Gasteiger partial charge in [-0.25, -0.2) is 4.39 Å². The molecule has 0 spiro atoms. The topological polar surface area (TPSA) is 81.9 Å². The van der Waals surface area contributed by atoms with Crippen LogP contribution in [-0.4, -0.2) is 48.6 Å². The SMILES string of the molecule is NC(=O)C[C@@]1(COc2ccc(Cl)cc2)CN(C(=O)Cc2ccccc2F)CCO1. The van der Waals surface area contributed by atoms with E-state index in [0.717, 1.165) is 0 Å². The Kier molecular flexibility index (Phi) is 6.71. The highest BCUT2D eigenvalue weighted by Gasteiger charge is 2.41. The van der Waals surface area contributed by atoms with Crippen LogP contribution in [0.3, 0.4) is 0 Å². The summed E-state index contributed by atoms with van der Waals surface area (Å²) < 4.78 is 25.5. The van der Waals surface area contributed by atoms with Crippen molar-refractivity contribution in [3.05, 3.63) is 64.9 Å². The Morgan fingerprint density at radius 2 is 1.93 bits per heavy atom. The molecule has 154 valence electrons. The van der Waals surface area contributed by atoms with Crippen LogP contribution >= 0.6 is 11.6 Å². The van der Waals surface area contributed by atoms with Gasteiger partial charge in [-0.1, -0.05) is 29.8 Å². The number of nitrogens with zero attached hydrogens (tertiary/aromatic N) is 1. The smallest absolute Gasteiger partial charge is 0.227 e. The molecule has 0 bridgehead atoms. The molecule has 6 nitrogen and oxygen atoms in total. The molecule has 1 heterocycles. The number of hydrogen-bond donors (Lipinski definition) is 1. The second-order valence-corrected chi connectivity index (χ2v) is 7.44. The van der Waals surface area contributed by atoms with Crippen molar-refractivity contribution in [1.29, 1.82) is 0 Å². The Hall–Kier alpha value is -2.64. The zero-order chi connectivity index (χ0) is 20.9. The molecule has 2 aromatic carbocycles. The van der Waals surface area contributed by atoms with Gasteiger partial charge in [0, 0.05) is 11.6 Å². The molecule has 29 heavy (non-hydrogen) atoms. The third-order valence-electron chi connectivity index (χ3n) is 4.71. The molecule has 3 rings (SSSR count). The minimum atomic E-state index is -1.07. The third kappa shape index (κ3) is 5.68. The Balaban J connectivity index is 1.71. The minimum Gasteiger partial charge on any atom is -0.490 e. The summed E-state index contributed by atoms with van der Waals surface area (Å²) in [5.41, 5.74) is 4.66. The van der Waals surface area contributed by atoms with E-state index in [1.165, 1.54) is 6.07 Å². The summed E-state index contributed by atoms with van der Waals surface area (Å²) in [4.78, 5) is 26.0. The number of nitrogens with two attached hydrogens (primary N) is 1. The fraction of sp³-hybridized carbons (Fsp3) is 0.333. The van der Waals surface area contributed by atoms with E-state index in [-0.39, 0.29) is 38.5 Å². The number of amides is 2. The maximum Gasteiger partial charge on any atom is 0.227 e. The molecular weight excluding hydrogens is 399 g/mol.